The van der Waals surface area contributed by atoms with Gasteiger partial charge in [-0.2, -0.15) is 11.8 Å². The van der Waals surface area contributed by atoms with Crippen molar-refractivity contribution >= 4 is 40.1 Å². The molecular weight excluding hydrogens is 331 g/mol. The zero-order valence-corrected chi connectivity index (χ0v) is 12.1. The van der Waals surface area contributed by atoms with Crippen LogP contribution in [-0.4, -0.2) is 17.3 Å². The van der Waals surface area contributed by atoms with Gasteiger partial charge in [0.05, 0.1) is 0 Å². The molecule has 0 atom stereocenters. The van der Waals surface area contributed by atoms with Crippen LogP contribution in [0.3, 0.4) is 0 Å². The Morgan fingerprint density at radius 3 is 2.50 bits per heavy atom. The molecule has 0 unspecified atom stereocenters. The summed E-state index contributed by atoms with van der Waals surface area (Å²) in [7, 11) is 0. The van der Waals surface area contributed by atoms with E-state index in [1.807, 2.05) is 36.0 Å². The second-order valence-electron chi connectivity index (χ2n) is 4.19. The standard InChI is InChI=1S/C13H15IOS/c14-12-3-1-11(2-4-12)13(15)9-10-5-7-16-8-6-10/h1-4,10H,5-9H2. The fraction of sp³-hybridized carbons (Fsp3) is 0.462. The quantitative estimate of drug-likeness (QED) is 0.608. The first-order valence-electron chi connectivity index (χ1n) is 5.62. The second-order valence-corrected chi connectivity index (χ2v) is 6.66. The molecule has 3 heteroatoms. The molecule has 86 valence electrons. The topological polar surface area (TPSA) is 17.1 Å². The molecule has 1 aromatic carbocycles. The van der Waals surface area contributed by atoms with Crippen molar-refractivity contribution < 1.29 is 4.79 Å². The van der Waals surface area contributed by atoms with E-state index in [9.17, 15) is 4.79 Å². The molecule has 1 aliphatic rings. The molecule has 1 aliphatic heterocycles. The van der Waals surface area contributed by atoms with Gasteiger partial charge in [0, 0.05) is 15.6 Å². The number of carbonyl (C=O) groups excluding carboxylic acids is 1. The normalized spacial score (nSPS) is 17.3. The highest BCUT2D eigenvalue weighted by molar-refractivity contribution is 14.1. The summed E-state index contributed by atoms with van der Waals surface area (Å²) >= 11 is 4.27. The summed E-state index contributed by atoms with van der Waals surface area (Å²) in [6.45, 7) is 0. The third kappa shape index (κ3) is 3.48. The van der Waals surface area contributed by atoms with Crippen LogP contribution in [0.4, 0.5) is 0 Å². The van der Waals surface area contributed by atoms with E-state index < -0.39 is 0 Å². The van der Waals surface area contributed by atoms with E-state index in [-0.39, 0.29) is 0 Å². The maximum atomic E-state index is 12.0. The van der Waals surface area contributed by atoms with Crippen LogP contribution in [-0.2, 0) is 0 Å². The van der Waals surface area contributed by atoms with Crippen molar-refractivity contribution in [1.29, 1.82) is 0 Å². The SMILES string of the molecule is O=C(CC1CCSCC1)c1ccc(I)cc1. The van der Waals surface area contributed by atoms with E-state index in [0.29, 0.717) is 11.7 Å². The summed E-state index contributed by atoms with van der Waals surface area (Å²) in [6.07, 6.45) is 3.16. The number of hydrogen-bond acceptors (Lipinski definition) is 2. The Labute approximate surface area is 115 Å². The number of halogens is 1. The highest BCUT2D eigenvalue weighted by atomic mass is 127. The molecule has 0 aromatic heterocycles. The van der Waals surface area contributed by atoms with Gasteiger partial charge in [-0.15, -0.1) is 0 Å². The lowest BCUT2D eigenvalue weighted by Crippen LogP contribution is -2.14. The minimum Gasteiger partial charge on any atom is -0.294 e. The fourth-order valence-electron chi connectivity index (χ4n) is 1.97. The van der Waals surface area contributed by atoms with Crippen molar-refractivity contribution in [2.45, 2.75) is 19.3 Å². The van der Waals surface area contributed by atoms with Gasteiger partial charge in [0.1, 0.15) is 0 Å². The summed E-state index contributed by atoms with van der Waals surface area (Å²) < 4.78 is 1.18. The molecule has 0 saturated carbocycles. The van der Waals surface area contributed by atoms with E-state index in [1.54, 1.807) is 0 Å². The van der Waals surface area contributed by atoms with Gasteiger partial charge in [0.2, 0.25) is 0 Å². The van der Waals surface area contributed by atoms with Crippen LogP contribution in [0.1, 0.15) is 29.6 Å². The lowest BCUT2D eigenvalue weighted by molar-refractivity contribution is 0.0958. The monoisotopic (exact) mass is 346 g/mol. The maximum Gasteiger partial charge on any atom is 0.163 e. The second kappa shape index (κ2) is 6.05. The Balaban J connectivity index is 1.94. The number of carbonyl (C=O) groups is 1. The smallest absolute Gasteiger partial charge is 0.163 e. The molecule has 0 N–H and O–H groups in total. The molecule has 0 spiro atoms. The van der Waals surface area contributed by atoms with Crippen molar-refractivity contribution in [1.82, 2.24) is 0 Å². The Hall–Kier alpha value is -0.0300. The van der Waals surface area contributed by atoms with Crippen LogP contribution < -0.4 is 0 Å². The van der Waals surface area contributed by atoms with Crippen molar-refractivity contribution in [3.63, 3.8) is 0 Å². The summed E-state index contributed by atoms with van der Waals surface area (Å²) in [5.74, 6) is 3.39. The fourth-order valence-corrected chi connectivity index (χ4v) is 3.53. The average molecular weight is 346 g/mol. The van der Waals surface area contributed by atoms with Gasteiger partial charge in [-0.05, 0) is 65.0 Å². The molecule has 16 heavy (non-hydrogen) atoms. The molecule has 0 radical (unpaired) electrons. The molecule has 1 fully saturated rings. The van der Waals surface area contributed by atoms with E-state index in [2.05, 4.69) is 22.6 Å². The van der Waals surface area contributed by atoms with Gasteiger partial charge < -0.3 is 0 Å². The van der Waals surface area contributed by atoms with Gasteiger partial charge in [0.15, 0.2) is 5.78 Å². The van der Waals surface area contributed by atoms with E-state index >= 15 is 0 Å². The highest BCUT2D eigenvalue weighted by Gasteiger charge is 2.17. The molecule has 1 nitrogen and oxygen atoms in total. The van der Waals surface area contributed by atoms with Crippen molar-refractivity contribution in [2.75, 3.05) is 11.5 Å². The predicted molar refractivity (Wildman–Crippen MR) is 78.2 cm³/mol. The lowest BCUT2D eigenvalue weighted by Gasteiger charge is -2.20. The van der Waals surface area contributed by atoms with Crippen LogP contribution in [0.15, 0.2) is 24.3 Å². The number of ketones is 1. The van der Waals surface area contributed by atoms with Crippen molar-refractivity contribution in [2.24, 2.45) is 5.92 Å². The zero-order chi connectivity index (χ0) is 11.4. The summed E-state index contributed by atoms with van der Waals surface area (Å²) in [6, 6.07) is 7.90. The first kappa shape index (κ1) is 12.4. The van der Waals surface area contributed by atoms with Gasteiger partial charge in [-0.1, -0.05) is 12.1 Å². The Morgan fingerprint density at radius 1 is 1.25 bits per heavy atom. The van der Waals surface area contributed by atoms with Gasteiger partial charge in [0.25, 0.3) is 0 Å². The summed E-state index contributed by atoms with van der Waals surface area (Å²) in [4.78, 5) is 12.0. The number of hydrogen-bond donors (Lipinski definition) is 0. The van der Waals surface area contributed by atoms with Crippen LogP contribution in [0, 0.1) is 9.49 Å². The number of thioether (sulfide) groups is 1. The van der Waals surface area contributed by atoms with Crippen LogP contribution >= 0.6 is 34.4 Å². The Bertz CT molecular complexity index is 355. The molecule has 0 amide bonds. The van der Waals surface area contributed by atoms with Crippen LogP contribution in [0.2, 0.25) is 0 Å². The summed E-state index contributed by atoms with van der Waals surface area (Å²) in [5.41, 5.74) is 0.874. The maximum absolute atomic E-state index is 12.0. The number of benzene rings is 1. The first-order valence-corrected chi connectivity index (χ1v) is 7.85. The van der Waals surface area contributed by atoms with Crippen molar-refractivity contribution in [3.05, 3.63) is 33.4 Å². The molecule has 1 heterocycles. The molecule has 1 aromatic rings. The minimum atomic E-state index is 0.313. The van der Waals surface area contributed by atoms with E-state index in [4.69, 9.17) is 0 Å². The predicted octanol–water partition coefficient (Wildman–Crippen LogP) is 4.01. The van der Waals surface area contributed by atoms with Gasteiger partial charge in [-0.3, -0.25) is 4.79 Å². The molecular formula is C13H15IOS. The van der Waals surface area contributed by atoms with Gasteiger partial charge >= 0.3 is 0 Å². The minimum absolute atomic E-state index is 0.313. The van der Waals surface area contributed by atoms with Gasteiger partial charge in [-0.25, -0.2) is 0 Å². The highest BCUT2D eigenvalue weighted by Crippen LogP contribution is 2.26. The zero-order valence-electron chi connectivity index (χ0n) is 9.12. The van der Waals surface area contributed by atoms with E-state index in [1.165, 1.54) is 27.9 Å². The molecule has 0 aliphatic carbocycles. The number of rotatable bonds is 3. The Kier molecular flexibility index (Phi) is 4.70. The number of Topliss-reactive ketones (excluding diaryl/α,β-unsaturated/α-hetero) is 1. The van der Waals surface area contributed by atoms with Crippen molar-refractivity contribution in [3.8, 4) is 0 Å². The lowest BCUT2D eigenvalue weighted by atomic mass is 9.93. The Morgan fingerprint density at radius 2 is 1.88 bits per heavy atom. The third-order valence-electron chi connectivity index (χ3n) is 2.98. The molecule has 2 rings (SSSR count). The van der Waals surface area contributed by atoms with Crippen LogP contribution in [0.5, 0.6) is 0 Å². The first-order chi connectivity index (χ1) is 7.75. The van der Waals surface area contributed by atoms with Crippen LogP contribution in [0.25, 0.3) is 0 Å². The third-order valence-corrected chi connectivity index (χ3v) is 4.75. The molecule has 1 saturated heterocycles. The van der Waals surface area contributed by atoms with E-state index in [0.717, 1.165) is 12.0 Å². The molecule has 0 bridgehead atoms. The average Bonchev–Trinajstić information content (AvgIpc) is 2.31. The summed E-state index contributed by atoms with van der Waals surface area (Å²) in [5, 5.41) is 0. The largest absolute Gasteiger partial charge is 0.294 e.